The van der Waals surface area contributed by atoms with Crippen molar-refractivity contribution in [3.8, 4) is 0 Å². The van der Waals surface area contributed by atoms with Crippen LogP contribution in [-0.4, -0.2) is 35.7 Å². The zero-order valence-corrected chi connectivity index (χ0v) is 7.33. The summed E-state index contributed by atoms with van der Waals surface area (Å²) in [5, 5.41) is 17.9. The summed E-state index contributed by atoms with van der Waals surface area (Å²) >= 11 is 0. The molecule has 0 aliphatic carbocycles. The summed E-state index contributed by atoms with van der Waals surface area (Å²) in [5.74, 6) is -3.65. The molecule has 0 heterocycles. The van der Waals surface area contributed by atoms with Gasteiger partial charge in [0.25, 0.3) is 0 Å². The Morgan fingerprint density at radius 1 is 1.25 bits per heavy atom. The molecule has 0 rings (SSSR count). The standard InChI is InChI=1S/C5H13N.C2H2O4/c1-3-4-5-6-2;3-1(4)2(5)6/h6H,3-5H2,1-2H3;(H,3,4)(H,5,6). The molecule has 0 fully saturated rings. The maximum Gasteiger partial charge on any atom is 0.414 e. The van der Waals surface area contributed by atoms with Crippen LogP contribution in [0.15, 0.2) is 0 Å². The summed E-state index contributed by atoms with van der Waals surface area (Å²) in [5.41, 5.74) is 0. The second kappa shape index (κ2) is 9.90. The summed E-state index contributed by atoms with van der Waals surface area (Å²) in [6.07, 6.45) is 2.59. The van der Waals surface area contributed by atoms with E-state index < -0.39 is 11.9 Å². The van der Waals surface area contributed by atoms with Crippen LogP contribution in [-0.2, 0) is 9.59 Å². The Hall–Kier alpha value is -1.10. The van der Waals surface area contributed by atoms with Gasteiger partial charge in [-0.25, -0.2) is 9.59 Å². The lowest BCUT2D eigenvalue weighted by Crippen LogP contribution is -2.09. The van der Waals surface area contributed by atoms with Crippen molar-refractivity contribution >= 4 is 11.9 Å². The molecule has 0 atom stereocenters. The Morgan fingerprint density at radius 2 is 1.67 bits per heavy atom. The first-order valence-electron chi connectivity index (χ1n) is 3.67. The molecular formula is C7H15NO4. The van der Waals surface area contributed by atoms with E-state index in [1.807, 2.05) is 7.05 Å². The minimum atomic E-state index is -1.82. The van der Waals surface area contributed by atoms with Crippen molar-refractivity contribution in [2.75, 3.05) is 13.6 Å². The fourth-order valence-corrected chi connectivity index (χ4v) is 0.354. The van der Waals surface area contributed by atoms with Gasteiger partial charge in [0.2, 0.25) is 0 Å². The maximum absolute atomic E-state index is 9.10. The number of unbranched alkanes of at least 4 members (excludes halogenated alkanes) is 1. The first kappa shape index (κ1) is 13.5. The summed E-state index contributed by atoms with van der Waals surface area (Å²) < 4.78 is 0. The molecule has 0 radical (unpaired) electrons. The fourth-order valence-electron chi connectivity index (χ4n) is 0.354. The highest BCUT2D eigenvalue weighted by Gasteiger charge is 2.04. The predicted molar refractivity (Wildman–Crippen MR) is 44.1 cm³/mol. The van der Waals surface area contributed by atoms with E-state index in [4.69, 9.17) is 19.8 Å². The van der Waals surface area contributed by atoms with Crippen molar-refractivity contribution < 1.29 is 19.8 Å². The highest BCUT2D eigenvalue weighted by molar-refractivity contribution is 6.27. The first-order chi connectivity index (χ1) is 5.56. The van der Waals surface area contributed by atoms with E-state index in [1.54, 1.807) is 0 Å². The van der Waals surface area contributed by atoms with Crippen molar-refractivity contribution in [3.63, 3.8) is 0 Å². The predicted octanol–water partition coefficient (Wildman–Crippen LogP) is 0.161. The van der Waals surface area contributed by atoms with Crippen LogP contribution in [0.1, 0.15) is 19.8 Å². The lowest BCUT2D eigenvalue weighted by Gasteiger charge is -1.89. The topological polar surface area (TPSA) is 86.6 Å². The third-order valence-electron chi connectivity index (χ3n) is 0.963. The minimum Gasteiger partial charge on any atom is -0.473 e. The molecule has 0 aromatic carbocycles. The van der Waals surface area contributed by atoms with E-state index in [0.29, 0.717) is 0 Å². The van der Waals surface area contributed by atoms with Crippen molar-refractivity contribution in [2.24, 2.45) is 0 Å². The quantitative estimate of drug-likeness (QED) is 0.422. The molecule has 72 valence electrons. The molecule has 0 aliphatic rings. The van der Waals surface area contributed by atoms with Gasteiger partial charge < -0.3 is 15.5 Å². The summed E-state index contributed by atoms with van der Waals surface area (Å²) in [7, 11) is 1.98. The van der Waals surface area contributed by atoms with Gasteiger partial charge in [-0.15, -0.1) is 0 Å². The van der Waals surface area contributed by atoms with Gasteiger partial charge >= 0.3 is 11.9 Å². The molecule has 0 aliphatic heterocycles. The lowest BCUT2D eigenvalue weighted by atomic mass is 10.3. The van der Waals surface area contributed by atoms with E-state index >= 15 is 0 Å². The SMILES string of the molecule is CCCCNC.O=C(O)C(=O)O. The van der Waals surface area contributed by atoms with Gasteiger partial charge in [0.05, 0.1) is 0 Å². The Morgan fingerprint density at radius 3 is 1.75 bits per heavy atom. The third kappa shape index (κ3) is 16.0. The number of hydrogen-bond acceptors (Lipinski definition) is 3. The van der Waals surface area contributed by atoms with Crippen molar-refractivity contribution in [1.29, 1.82) is 0 Å². The average molecular weight is 177 g/mol. The normalized spacial score (nSPS) is 8.17. The molecule has 0 bridgehead atoms. The molecular weight excluding hydrogens is 162 g/mol. The summed E-state index contributed by atoms with van der Waals surface area (Å²) in [6.45, 7) is 3.36. The van der Waals surface area contributed by atoms with Gasteiger partial charge in [0, 0.05) is 0 Å². The van der Waals surface area contributed by atoms with E-state index in [9.17, 15) is 0 Å². The van der Waals surface area contributed by atoms with Crippen LogP contribution in [0.25, 0.3) is 0 Å². The van der Waals surface area contributed by atoms with Gasteiger partial charge in [-0.1, -0.05) is 13.3 Å². The Bertz CT molecular complexity index is 119. The molecule has 5 heteroatoms. The highest BCUT2D eigenvalue weighted by Crippen LogP contribution is 1.79. The van der Waals surface area contributed by atoms with E-state index in [1.165, 1.54) is 12.8 Å². The first-order valence-corrected chi connectivity index (χ1v) is 3.67. The summed E-state index contributed by atoms with van der Waals surface area (Å²) in [6, 6.07) is 0. The number of carboxylic acid groups (broad SMARTS) is 2. The van der Waals surface area contributed by atoms with Gasteiger partial charge in [0.15, 0.2) is 0 Å². The van der Waals surface area contributed by atoms with E-state index in [-0.39, 0.29) is 0 Å². The number of nitrogens with one attached hydrogen (secondary N) is 1. The van der Waals surface area contributed by atoms with Crippen LogP contribution in [0.3, 0.4) is 0 Å². The lowest BCUT2D eigenvalue weighted by molar-refractivity contribution is -0.159. The zero-order chi connectivity index (χ0) is 9.98. The van der Waals surface area contributed by atoms with Crippen LogP contribution in [0.4, 0.5) is 0 Å². The van der Waals surface area contributed by atoms with Crippen LogP contribution in [0, 0.1) is 0 Å². The van der Waals surface area contributed by atoms with Crippen molar-refractivity contribution in [1.82, 2.24) is 5.32 Å². The largest absolute Gasteiger partial charge is 0.473 e. The van der Waals surface area contributed by atoms with Crippen LogP contribution < -0.4 is 5.32 Å². The number of carboxylic acids is 2. The molecule has 3 N–H and O–H groups in total. The zero-order valence-electron chi connectivity index (χ0n) is 7.33. The molecule has 0 amide bonds. The molecule has 0 unspecified atom stereocenters. The highest BCUT2D eigenvalue weighted by atomic mass is 16.4. The van der Waals surface area contributed by atoms with Crippen LogP contribution in [0.5, 0.6) is 0 Å². The smallest absolute Gasteiger partial charge is 0.414 e. The molecule has 0 saturated heterocycles. The molecule has 0 aromatic heterocycles. The minimum absolute atomic E-state index is 1.16. The Kier molecular flexibility index (Phi) is 11.1. The number of carbonyl (C=O) groups is 2. The van der Waals surface area contributed by atoms with Gasteiger partial charge in [0.1, 0.15) is 0 Å². The summed E-state index contributed by atoms with van der Waals surface area (Å²) in [4.78, 5) is 18.2. The second-order valence-corrected chi connectivity index (χ2v) is 2.07. The van der Waals surface area contributed by atoms with E-state index in [0.717, 1.165) is 6.54 Å². The molecule has 0 spiro atoms. The number of hydrogen-bond donors (Lipinski definition) is 3. The molecule has 0 aromatic rings. The number of aliphatic carboxylic acids is 2. The van der Waals surface area contributed by atoms with Crippen LogP contribution >= 0.6 is 0 Å². The van der Waals surface area contributed by atoms with Crippen molar-refractivity contribution in [2.45, 2.75) is 19.8 Å². The van der Waals surface area contributed by atoms with Gasteiger partial charge in [-0.05, 0) is 20.0 Å². The van der Waals surface area contributed by atoms with Crippen molar-refractivity contribution in [3.05, 3.63) is 0 Å². The third-order valence-corrected chi connectivity index (χ3v) is 0.963. The molecule has 12 heavy (non-hydrogen) atoms. The second-order valence-electron chi connectivity index (χ2n) is 2.07. The van der Waals surface area contributed by atoms with Gasteiger partial charge in [-0.2, -0.15) is 0 Å². The number of rotatable bonds is 3. The van der Waals surface area contributed by atoms with E-state index in [2.05, 4.69) is 12.2 Å². The fraction of sp³-hybridized carbons (Fsp3) is 0.714. The average Bonchev–Trinajstić information content (AvgIpc) is 2.02. The Labute approximate surface area is 71.4 Å². The maximum atomic E-state index is 9.10. The molecule has 0 saturated carbocycles. The Balaban J connectivity index is 0. The van der Waals surface area contributed by atoms with Crippen LogP contribution in [0.2, 0.25) is 0 Å². The van der Waals surface area contributed by atoms with Gasteiger partial charge in [-0.3, -0.25) is 0 Å². The monoisotopic (exact) mass is 177 g/mol. The molecule has 5 nitrogen and oxygen atoms in total.